The van der Waals surface area contributed by atoms with E-state index in [1.54, 1.807) is 42.3 Å². The van der Waals surface area contributed by atoms with Crippen molar-refractivity contribution in [3.63, 3.8) is 0 Å². The van der Waals surface area contributed by atoms with Crippen LogP contribution in [-0.4, -0.2) is 37.0 Å². The molecule has 0 aliphatic carbocycles. The summed E-state index contributed by atoms with van der Waals surface area (Å²) in [6.07, 6.45) is 0.934. The average Bonchev–Trinajstić information content (AvgIpc) is 3.17. The van der Waals surface area contributed by atoms with Crippen LogP contribution < -0.4 is 5.32 Å². The molecule has 0 spiro atoms. The second-order valence-electron chi connectivity index (χ2n) is 5.21. The van der Waals surface area contributed by atoms with E-state index in [0.29, 0.717) is 11.3 Å². The van der Waals surface area contributed by atoms with Crippen LogP contribution in [0.5, 0.6) is 0 Å². The maximum absolute atomic E-state index is 13.7. The van der Waals surface area contributed by atoms with Crippen molar-refractivity contribution in [2.45, 2.75) is 12.5 Å². The van der Waals surface area contributed by atoms with E-state index in [0.717, 1.165) is 19.5 Å². The summed E-state index contributed by atoms with van der Waals surface area (Å²) in [5, 5.41) is 3.22. The average molecular weight is 288 g/mol. The molecular weight excluding hydrogens is 271 g/mol. The van der Waals surface area contributed by atoms with E-state index < -0.39 is 0 Å². The molecule has 0 saturated carbocycles. The highest BCUT2D eigenvalue weighted by Gasteiger charge is 2.26. The van der Waals surface area contributed by atoms with Gasteiger partial charge in [-0.05, 0) is 37.2 Å². The predicted molar refractivity (Wildman–Crippen MR) is 77.5 cm³/mol. The Labute approximate surface area is 122 Å². The summed E-state index contributed by atoms with van der Waals surface area (Å²) >= 11 is 0. The second-order valence-corrected chi connectivity index (χ2v) is 5.21. The number of hydrogen-bond donors (Lipinski definition) is 1. The van der Waals surface area contributed by atoms with Gasteiger partial charge in [-0.2, -0.15) is 0 Å². The SMILES string of the molecule is CN(C(=O)c1ccc(-c2ccccc2F)o1)C1CCNC1. The molecule has 1 fully saturated rings. The quantitative estimate of drug-likeness (QED) is 0.944. The molecule has 110 valence electrons. The summed E-state index contributed by atoms with van der Waals surface area (Å²) in [7, 11) is 1.77. The first-order chi connectivity index (χ1) is 10.2. The lowest BCUT2D eigenvalue weighted by Gasteiger charge is -2.22. The van der Waals surface area contributed by atoms with Crippen molar-refractivity contribution in [3.8, 4) is 11.3 Å². The van der Waals surface area contributed by atoms with Gasteiger partial charge >= 0.3 is 0 Å². The van der Waals surface area contributed by atoms with Gasteiger partial charge in [0.15, 0.2) is 5.76 Å². The van der Waals surface area contributed by atoms with Crippen LogP contribution in [0.1, 0.15) is 17.0 Å². The maximum Gasteiger partial charge on any atom is 0.289 e. The summed E-state index contributed by atoms with van der Waals surface area (Å²) in [5.74, 6) is 0.0718. The van der Waals surface area contributed by atoms with E-state index >= 15 is 0 Å². The Balaban J connectivity index is 1.81. The van der Waals surface area contributed by atoms with E-state index in [9.17, 15) is 9.18 Å². The van der Waals surface area contributed by atoms with E-state index in [1.807, 2.05) is 0 Å². The van der Waals surface area contributed by atoms with Crippen LogP contribution in [0.2, 0.25) is 0 Å². The lowest BCUT2D eigenvalue weighted by Crippen LogP contribution is -2.38. The van der Waals surface area contributed by atoms with E-state index in [2.05, 4.69) is 5.32 Å². The molecule has 2 heterocycles. The van der Waals surface area contributed by atoms with Crippen LogP contribution in [0.4, 0.5) is 4.39 Å². The van der Waals surface area contributed by atoms with Crippen molar-refractivity contribution in [1.29, 1.82) is 0 Å². The lowest BCUT2D eigenvalue weighted by atomic mass is 10.1. The molecule has 0 bridgehead atoms. The first-order valence-electron chi connectivity index (χ1n) is 6.99. The van der Waals surface area contributed by atoms with Gasteiger partial charge in [0.1, 0.15) is 11.6 Å². The van der Waals surface area contributed by atoms with E-state index in [1.165, 1.54) is 6.07 Å². The molecule has 5 heteroatoms. The first kappa shape index (κ1) is 13.8. The molecule has 1 amide bonds. The third-order valence-corrected chi connectivity index (χ3v) is 3.86. The molecule has 21 heavy (non-hydrogen) atoms. The number of nitrogens with one attached hydrogen (secondary N) is 1. The standard InChI is InChI=1S/C16H17FN2O2/c1-19(11-8-9-18-10-11)16(20)15-7-6-14(21-15)12-4-2-3-5-13(12)17/h2-7,11,18H,8-10H2,1H3. The van der Waals surface area contributed by atoms with Crippen LogP contribution in [0.3, 0.4) is 0 Å². The molecule has 4 nitrogen and oxygen atoms in total. The number of hydrogen-bond acceptors (Lipinski definition) is 3. The summed E-state index contributed by atoms with van der Waals surface area (Å²) in [6.45, 7) is 1.71. The van der Waals surface area contributed by atoms with Gasteiger partial charge in [-0.25, -0.2) is 4.39 Å². The molecule has 2 aromatic rings. The highest BCUT2D eigenvalue weighted by Crippen LogP contribution is 2.25. The molecule has 1 saturated heterocycles. The van der Waals surface area contributed by atoms with Crippen molar-refractivity contribution in [2.75, 3.05) is 20.1 Å². The topological polar surface area (TPSA) is 45.5 Å². The second kappa shape index (κ2) is 5.69. The Morgan fingerprint density at radius 3 is 2.86 bits per heavy atom. The summed E-state index contributed by atoms with van der Waals surface area (Å²) in [5.41, 5.74) is 0.363. The number of carbonyl (C=O) groups is 1. The zero-order valence-corrected chi connectivity index (χ0v) is 11.8. The maximum atomic E-state index is 13.7. The predicted octanol–water partition coefficient (Wildman–Crippen LogP) is 2.52. The van der Waals surface area contributed by atoms with E-state index in [4.69, 9.17) is 4.42 Å². The molecule has 1 aliphatic rings. The monoisotopic (exact) mass is 288 g/mol. The highest BCUT2D eigenvalue weighted by atomic mass is 19.1. The molecule has 1 aromatic heterocycles. The fraction of sp³-hybridized carbons (Fsp3) is 0.312. The first-order valence-corrected chi connectivity index (χ1v) is 6.99. The molecule has 3 rings (SSSR count). The van der Waals surface area contributed by atoms with Gasteiger partial charge in [-0.3, -0.25) is 4.79 Å². The molecule has 1 aliphatic heterocycles. The van der Waals surface area contributed by atoms with E-state index in [-0.39, 0.29) is 23.5 Å². The molecule has 1 aromatic carbocycles. The number of carbonyl (C=O) groups excluding carboxylic acids is 1. The van der Waals surface area contributed by atoms with Crippen LogP contribution in [0, 0.1) is 5.82 Å². The number of nitrogens with zero attached hydrogens (tertiary/aromatic N) is 1. The number of furan rings is 1. The van der Waals surface area contributed by atoms with Crippen LogP contribution >= 0.6 is 0 Å². The third kappa shape index (κ3) is 2.69. The molecular formula is C16H17FN2O2. The largest absolute Gasteiger partial charge is 0.451 e. The van der Waals surface area contributed by atoms with Crippen molar-refractivity contribution in [2.24, 2.45) is 0 Å². The van der Waals surface area contributed by atoms with Crippen molar-refractivity contribution < 1.29 is 13.6 Å². The zero-order chi connectivity index (χ0) is 14.8. The number of benzene rings is 1. The highest BCUT2D eigenvalue weighted by molar-refractivity contribution is 5.92. The fourth-order valence-electron chi connectivity index (χ4n) is 2.57. The number of rotatable bonds is 3. The molecule has 1 unspecified atom stereocenters. The minimum atomic E-state index is -0.362. The Hall–Kier alpha value is -2.14. The summed E-state index contributed by atoms with van der Waals surface area (Å²) in [4.78, 5) is 14.1. The van der Waals surface area contributed by atoms with Gasteiger partial charge < -0.3 is 14.6 Å². The van der Waals surface area contributed by atoms with Gasteiger partial charge in [-0.1, -0.05) is 12.1 Å². The number of amides is 1. The Morgan fingerprint density at radius 1 is 1.33 bits per heavy atom. The van der Waals surface area contributed by atoms with Gasteiger partial charge in [-0.15, -0.1) is 0 Å². The van der Waals surface area contributed by atoms with Gasteiger partial charge in [0.25, 0.3) is 5.91 Å². The minimum Gasteiger partial charge on any atom is -0.451 e. The summed E-state index contributed by atoms with van der Waals surface area (Å²) in [6, 6.07) is 9.77. The van der Waals surface area contributed by atoms with Crippen LogP contribution in [-0.2, 0) is 0 Å². The number of halogens is 1. The normalized spacial score (nSPS) is 17.9. The third-order valence-electron chi connectivity index (χ3n) is 3.86. The molecule has 1 N–H and O–H groups in total. The van der Waals surface area contributed by atoms with Crippen molar-refractivity contribution in [1.82, 2.24) is 10.2 Å². The Bertz CT molecular complexity index is 647. The smallest absolute Gasteiger partial charge is 0.289 e. The van der Waals surface area contributed by atoms with Gasteiger partial charge in [0, 0.05) is 19.6 Å². The van der Waals surface area contributed by atoms with Crippen molar-refractivity contribution >= 4 is 5.91 Å². The lowest BCUT2D eigenvalue weighted by molar-refractivity contribution is 0.0712. The van der Waals surface area contributed by atoms with Crippen LogP contribution in [0.25, 0.3) is 11.3 Å². The zero-order valence-electron chi connectivity index (χ0n) is 11.8. The van der Waals surface area contributed by atoms with Crippen LogP contribution in [0.15, 0.2) is 40.8 Å². The van der Waals surface area contributed by atoms with Crippen molar-refractivity contribution in [3.05, 3.63) is 48.0 Å². The van der Waals surface area contributed by atoms with Gasteiger partial charge in [0.2, 0.25) is 0 Å². The molecule has 1 atom stereocenters. The van der Waals surface area contributed by atoms with Gasteiger partial charge in [0.05, 0.1) is 5.56 Å². The number of likely N-dealkylation sites (N-methyl/N-ethyl adjacent to an activating group) is 1. The fourth-order valence-corrected chi connectivity index (χ4v) is 2.57. The summed E-state index contributed by atoms with van der Waals surface area (Å²) < 4.78 is 19.3. The Kier molecular flexibility index (Phi) is 3.75. The Morgan fingerprint density at radius 2 is 2.14 bits per heavy atom. The minimum absolute atomic E-state index is 0.175. The molecule has 0 radical (unpaired) electrons.